The van der Waals surface area contributed by atoms with Crippen LogP contribution in [-0.2, 0) is 14.3 Å². The number of aliphatic hydroxyl groups is 4. The van der Waals surface area contributed by atoms with Crippen molar-refractivity contribution >= 4 is 50.3 Å². The van der Waals surface area contributed by atoms with Crippen LogP contribution < -0.4 is 10.1 Å². The number of carbonyl (C=O) groups excluding carboxylic acids is 1. The van der Waals surface area contributed by atoms with Crippen molar-refractivity contribution in [1.82, 2.24) is 10.3 Å². The molecule has 2 aromatic rings. The summed E-state index contributed by atoms with van der Waals surface area (Å²) >= 11 is 9.61. The Hall–Kier alpha value is -1.93. The number of nitrogens with one attached hydrogen (secondary N) is 2. The summed E-state index contributed by atoms with van der Waals surface area (Å²) < 4.78 is 11.9. The van der Waals surface area contributed by atoms with E-state index >= 15 is 0 Å². The second-order valence-electron chi connectivity index (χ2n) is 7.42. The summed E-state index contributed by atoms with van der Waals surface area (Å²) in [7, 11) is 0. The van der Waals surface area contributed by atoms with Crippen LogP contribution in [0.3, 0.4) is 0 Å². The molecule has 1 aliphatic heterocycles. The van der Waals surface area contributed by atoms with Crippen LogP contribution >= 0.6 is 27.5 Å². The van der Waals surface area contributed by atoms with Gasteiger partial charge < -0.3 is 45.3 Å². The zero-order valence-electron chi connectivity index (χ0n) is 16.7. The molecule has 1 aliphatic rings. The number of ether oxygens (including phenoxy) is 2. The number of benzene rings is 1. The van der Waals surface area contributed by atoms with Gasteiger partial charge in [-0.25, -0.2) is 4.79 Å². The van der Waals surface area contributed by atoms with Crippen LogP contribution in [0.25, 0.3) is 10.9 Å². The summed E-state index contributed by atoms with van der Waals surface area (Å²) in [6.07, 6.45) is -6.09. The van der Waals surface area contributed by atoms with Gasteiger partial charge in [0.25, 0.3) is 0 Å². The highest BCUT2D eigenvalue weighted by atomic mass is 79.9. The van der Waals surface area contributed by atoms with E-state index in [0.29, 0.717) is 15.4 Å². The van der Waals surface area contributed by atoms with E-state index in [-0.39, 0.29) is 10.8 Å². The summed E-state index contributed by atoms with van der Waals surface area (Å²) in [5, 5.41) is 53.2. The Morgan fingerprint density at radius 3 is 2.72 bits per heavy atom. The van der Waals surface area contributed by atoms with E-state index in [1.165, 1.54) is 6.20 Å². The van der Waals surface area contributed by atoms with Crippen molar-refractivity contribution < 1.29 is 44.6 Å². The van der Waals surface area contributed by atoms with Crippen LogP contribution in [0.4, 0.5) is 0 Å². The third-order valence-corrected chi connectivity index (χ3v) is 6.44. The third kappa shape index (κ3) is 4.57. The van der Waals surface area contributed by atoms with Gasteiger partial charge in [0.1, 0.15) is 18.3 Å². The molecule has 1 saturated heterocycles. The minimum atomic E-state index is -2.52. The van der Waals surface area contributed by atoms with Gasteiger partial charge in [-0.2, -0.15) is 0 Å². The monoisotopic (exact) mass is 536 g/mol. The topological polar surface area (TPSA) is 182 Å². The summed E-state index contributed by atoms with van der Waals surface area (Å²) in [5.41, 5.74) is 0.536. The highest BCUT2D eigenvalue weighted by molar-refractivity contribution is 9.10. The normalized spacial score (nSPS) is 27.7. The van der Waals surface area contributed by atoms with E-state index in [1.54, 1.807) is 12.1 Å². The van der Waals surface area contributed by atoms with Gasteiger partial charge in [-0.3, -0.25) is 4.79 Å². The summed E-state index contributed by atoms with van der Waals surface area (Å²) in [4.78, 5) is 26.8. The average Bonchev–Trinajstić information content (AvgIpc) is 3.14. The van der Waals surface area contributed by atoms with Crippen LogP contribution in [0.15, 0.2) is 22.8 Å². The van der Waals surface area contributed by atoms with Gasteiger partial charge >= 0.3 is 11.8 Å². The Balaban J connectivity index is 2.05. The number of carbonyl (C=O) groups is 2. The minimum Gasteiger partial charge on any atom is -0.476 e. The lowest BCUT2D eigenvalue weighted by Crippen LogP contribution is -2.68. The largest absolute Gasteiger partial charge is 0.476 e. The minimum absolute atomic E-state index is 0.00479. The number of aliphatic carboxylic acids is 1. The molecule has 6 atom stereocenters. The van der Waals surface area contributed by atoms with E-state index in [4.69, 9.17) is 21.1 Å². The highest BCUT2D eigenvalue weighted by Crippen LogP contribution is 2.41. The molecule has 176 valence electrons. The van der Waals surface area contributed by atoms with E-state index < -0.39 is 61.1 Å². The van der Waals surface area contributed by atoms with Crippen LogP contribution in [0, 0.1) is 0 Å². The maximum atomic E-state index is 12.3. The number of aliphatic hydroxyl groups excluding tert-OH is 4. The number of rotatable bonds is 7. The van der Waals surface area contributed by atoms with Crippen LogP contribution in [-0.4, -0.2) is 85.2 Å². The predicted molar refractivity (Wildman–Crippen MR) is 114 cm³/mol. The Morgan fingerprint density at radius 1 is 1.44 bits per heavy atom. The zero-order valence-corrected chi connectivity index (χ0v) is 19.0. The van der Waals surface area contributed by atoms with Gasteiger partial charge in [0, 0.05) is 17.6 Å². The molecule has 5 unspecified atom stereocenters. The summed E-state index contributed by atoms with van der Waals surface area (Å²) in [6, 6.07) is 2.07. The molecule has 1 aromatic carbocycles. The van der Waals surface area contributed by atoms with Crippen molar-refractivity contribution in [2.75, 3.05) is 6.61 Å². The first kappa shape index (κ1) is 24.7. The molecule has 11 nitrogen and oxygen atoms in total. The maximum Gasteiger partial charge on any atom is 0.377 e. The lowest BCUT2D eigenvalue weighted by molar-refractivity contribution is -0.284. The molecular weight excluding hydrogens is 516 g/mol. The summed E-state index contributed by atoms with van der Waals surface area (Å²) in [6.45, 7) is 0.275. The SMILES string of the molecule is CC(=O)NC1C(O)C[C@](Oc2c[nH]c3ccc(Br)c(Cl)c23)(C(=O)O)OC1C(O)C(O)CO. The van der Waals surface area contributed by atoms with E-state index in [9.17, 15) is 35.1 Å². The molecule has 0 aliphatic carbocycles. The number of aromatic nitrogens is 1. The second kappa shape index (κ2) is 9.51. The molecule has 3 rings (SSSR count). The standard InChI is InChI=1S/C19H22BrClN2O9/c1-7(25)23-15-10(26)4-19(18(29)30,32-17(15)16(28)11(27)6-24)31-12-5-22-9-3-2-8(20)14(21)13(9)12/h2-3,5,10-11,15-17,22,24,26-28H,4,6H2,1H3,(H,23,25)(H,29,30)/t10?,11?,15?,16?,17?,19-/m1/s1. The lowest BCUT2D eigenvalue weighted by atomic mass is 9.88. The zero-order chi connectivity index (χ0) is 23.8. The molecule has 1 amide bonds. The van der Waals surface area contributed by atoms with Crippen molar-refractivity contribution in [3.63, 3.8) is 0 Å². The number of aromatic amines is 1. The molecule has 0 bridgehead atoms. The van der Waals surface area contributed by atoms with Crippen LogP contribution in [0.1, 0.15) is 13.3 Å². The van der Waals surface area contributed by atoms with E-state index in [1.807, 2.05) is 0 Å². The number of carboxylic acids is 1. The van der Waals surface area contributed by atoms with Gasteiger partial charge in [0.05, 0.1) is 41.1 Å². The fourth-order valence-electron chi connectivity index (χ4n) is 3.62. The molecule has 0 radical (unpaired) electrons. The number of carboxylic acid groups (broad SMARTS) is 1. The number of fused-ring (bicyclic) bond motifs is 1. The molecule has 0 spiro atoms. The molecule has 7 N–H and O–H groups in total. The van der Waals surface area contributed by atoms with Crippen molar-refractivity contribution in [2.45, 2.75) is 49.6 Å². The van der Waals surface area contributed by atoms with Gasteiger partial charge in [-0.1, -0.05) is 11.6 Å². The molecular formula is C19H22BrClN2O9. The Kier molecular flexibility index (Phi) is 7.34. The number of halogens is 2. The van der Waals surface area contributed by atoms with Crippen molar-refractivity contribution in [2.24, 2.45) is 0 Å². The van der Waals surface area contributed by atoms with E-state index in [0.717, 1.165) is 6.92 Å². The Labute approximate surface area is 195 Å². The molecule has 1 aromatic heterocycles. The molecule has 13 heteroatoms. The van der Waals surface area contributed by atoms with Gasteiger partial charge in [0.15, 0.2) is 5.75 Å². The van der Waals surface area contributed by atoms with Gasteiger partial charge in [-0.05, 0) is 28.1 Å². The second-order valence-corrected chi connectivity index (χ2v) is 8.65. The van der Waals surface area contributed by atoms with Crippen molar-refractivity contribution in [3.8, 4) is 5.75 Å². The van der Waals surface area contributed by atoms with Crippen LogP contribution in [0.5, 0.6) is 5.75 Å². The Bertz CT molecular complexity index is 1020. The summed E-state index contributed by atoms with van der Waals surface area (Å²) in [5.74, 6) is -4.75. The fourth-order valence-corrected chi connectivity index (χ4v) is 4.21. The first-order chi connectivity index (χ1) is 15.0. The number of hydrogen-bond acceptors (Lipinski definition) is 8. The van der Waals surface area contributed by atoms with Crippen molar-refractivity contribution in [3.05, 3.63) is 27.8 Å². The number of H-pyrrole nitrogens is 1. The fraction of sp³-hybridized carbons (Fsp3) is 0.474. The van der Waals surface area contributed by atoms with Gasteiger partial charge in [-0.15, -0.1) is 0 Å². The molecule has 2 heterocycles. The first-order valence-corrected chi connectivity index (χ1v) is 10.6. The maximum absolute atomic E-state index is 12.3. The third-order valence-electron chi connectivity index (χ3n) is 5.16. The number of hydrogen-bond donors (Lipinski definition) is 7. The average molecular weight is 538 g/mol. The predicted octanol–water partition coefficient (Wildman–Crippen LogP) is 0.112. The van der Waals surface area contributed by atoms with Gasteiger partial charge in [0.2, 0.25) is 5.91 Å². The van der Waals surface area contributed by atoms with Crippen molar-refractivity contribution in [1.29, 1.82) is 0 Å². The Morgan fingerprint density at radius 2 is 2.12 bits per heavy atom. The smallest absolute Gasteiger partial charge is 0.377 e. The molecule has 0 saturated carbocycles. The first-order valence-electron chi connectivity index (χ1n) is 9.48. The highest BCUT2D eigenvalue weighted by Gasteiger charge is 2.57. The quantitative estimate of drug-likeness (QED) is 0.258. The number of amides is 1. The molecule has 1 fully saturated rings. The van der Waals surface area contributed by atoms with Crippen LogP contribution in [0.2, 0.25) is 5.02 Å². The molecule has 32 heavy (non-hydrogen) atoms. The lowest BCUT2D eigenvalue weighted by Gasteiger charge is -2.46. The van der Waals surface area contributed by atoms with E-state index in [2.05, 4.69) is 26.2 Å².